The Morgan fingerprint density at radius 1 is 1.41 bits per heavy atom. The van der Waals surface area contributed by atoms with Crippen molar-refractivity contribution in [1.82, 2.24) is 10.3 Å². The van der Waals surface area contributed by atoms with E-state index in [9.17, 15) is 4.79 Å². The zero-order valence-electron chi connectivity index (χ0n) is 10.7. The maximum Gasteiger partial charge on any atom is 0.228 e. The van der Waals surface area contributed by atoms with E-state index in [-0.39, 0.29) is 5.91 Å². The largest absolute Gasteiger partial charge is 0.318 e. The van der Waals surface area contributed by atoms with Crippen LogP contribution < -0.4 is 10.2 Å². The van der Waals surface area contributed by atoms with Crippen molar-refractivity contribution in [2.24, 2.45) is 0 Å². The number of hydrogen-bond acceptors (Lipinski definition) is 3. The lowest BCUT2D eigenvalue weighted by molar-refractivity contribution is -0.118. The molecule has 1 aliphatic rings. The quantitative estimate of drug-likeness (QED) is 0.853. The molecule has 1 aromatic heterocycles. The van der Waals surface area contributed by atoms with Crippen molar-refractivity contribution in [2.75, 3.05) is 25.0 Å². The maximum atomic E-state index is 11.9. The monoisotopic (exact) mass is 233 g/mol. The van der Waals surface area contributed by atoms with Crippen LogP contribution in [0.15, 0.2) is 6.07 Å². The van der Waals surface area contributed by atoms with E-state index in [1.165, 1.54) is 11.1 Å². The van der Waals surface area contributed by atoms with Crippen molar-refractivity contribution >= 4 is 11.7 Å². The molecule has 4 heteroatoms. The molecule has 1 amide bonds. The molecule has 1 N–H and O–H groups in total. The Labute approximate surface area is 102 Å². The van der Waals surface area contributed by atoms with Crippen LogP contribution in [0, 0.1) is 13.8 Å². The first-order valence-corrected chi connectivity index (χ1v) is 6.05. The zero-order chi connectivity index (χ0) is 12.4. The van der Waals surface area contributed by atoms with Crippen LogP contribution in [0.4, 0.5) is 5.82 Å². The molecule has 0 saturated carbocycles. The molecule has 0 atom stereocenters. The Hall–Kier alpha value is -1.42. The SMILES string of the molecule is CNCCN1C(=O)CCc2c(C)cc(C)nc21. The van der Waals surface area contributed by atoms with E-state index in [1.54, 1.807) is 0 Å². The highest BCUT2D eigenvalue weighted by atomic mass is 16.2. The van der Waals surface area contributed by atoms with Gasteiger partial charge in [-0.25, -0.2) is 4.98 Å². The number of rotatable bonds is 3. The van der Waals surface area contributed by atoms with Crippen molar-refractivity contribution in [1.29, 1.82) is 0 Å². The van der Waals surface area contributed by atoms with E-state index in [2.05, 4.69) is 23.3 Å². The zero-order valence-corrected chi connectivity index (χ0v) is 10.7. The maximum absolute atomic E-state index is 11.9. The molecule has 17 heavy (non-hydrogen) atoms. The summed E-state index contributed by atoms with van der Waals surface area (Å²) in [6.07, 6.45) is 1.42. The number of anilines is 1. The van der Waals surface area contributed by atoms with Gasteiger partial charge in [0.2, 0.25) is 5.91 Å². The van der Waals surface area contributed by atoms with E-state index < -0.39 is 0 Å². The van der Waals surface area contributed by atoms with Crippen LogP contribution in [0.25, 0.3) is 0 Å². The Balaban J connectivity index is 2.39. The molecule has 92 valence electrons. The second kappa shape index (κ2) is 4.84. The van der Waals surface area contributed by atoms with Crippen LogP contribution in [0.2, 0.25) is 0 Å². The standard InChI is InChI=1S/C13H19N3O/c1-9-8-10(2)15-13-11(9)4-5-12(17)16(13)7-6-14-3/h8,14H,4-7H2,1-3H3. The van der Waals surface area contributed by atoms with Crippen molar-refractivity contribution in [3.8, 4) is 0 Å². The summed E-state index contributed by atoms with van der Waals surface area (Å²) in [6, 6.07) is 2.09. The van der Waals surface area contributed by atoms with Crippen LogP contribution in [0.1, 0.15) is 23.2 Å². The first-order valence-electron chi connectivity index (χ1n) is 6.05. The number of amides is 1. The first kappa shape index (κ1) is 12.0. The molecule has 2 heterocycles. The van der Waals surface area contributed by atoms with Gasteiger partial charge >= 0.3 is 0 Å². The highest BCUT2D eigenvalue weighted by Gasteiger charge is 2.26. The minimum atomic E-state index is 0.185. The first-order chi connectivity index (χ1) is 8.13. The molecule has 0 bridgehead atoms. The molecule has 0 spiro atoms. The third-order valence-corrected chi connectivity index (χ3v) is 3.18. The normalized spacial score (nSPS) is 15.0. The molecule has 1 aliphatic heterocycles. The predicted octanol–water partition coefficient (Wildman–Crippen LogP) is 1.20. The minimum Gasteiger partial charge on any atom is -0.318 e. The van der Waals surface area contributed by atoms with E-state index in [0.717, 1.165) is 24.5 Å². The van der Waals surface area contributed by atoms with Gasteiger partial charge in [0.15, 0.2) is 0 Å². The van der Waals surface area contributed by atoms with E-state index in [1.807, 2.05) is 18.9 Å². The van der Waals surface area contributed by atoms with Gasteiger partial charge in [-0.1, -0.05) is 0 Å². The number of nitrogens with one attached hydrogen (secondary N) is 1. The Morgan fingerprint density at radius 2 is 2.18 bits per heavy atom. The summed E-state index contributed by atoms with van der Waals surface area (Å²) in [4.78, 5) is 18.3. The number of likely N-dealkylation sites (N-methyl/N-ethyl adjacent to an activating group) is 1. The molecule has 0 aliphatic carbocycles. The Morgan fingerprint density at radius 3 is 2.88 bits per heavy atom. The highest BCUT2D eigenvalue weighted by Crippen LogP contribution is 2.28. The van der Waals surface area contributed by atoms with Gasteiger partial charge in [-0.15, -0.1) is 0 Å². The van der Waals surface area contributed by atoms with Crippen molar-refractivity contribution in [3.05, 3.63) is 22.9 Å². The van der Waals surface area contributed by atoms with Crippen LogP contribution >= 0.6 is 0 Å². The van der Waals surface area contributed by atoms with Gasteiger partial charge in [0, 0.05) is 25.2 Å². The third-order valence-electron chi connectivity index (χ3n) is 3.18. The summed E-state index contributed by atoms with van der Waals surface area (Å²) in [5.41, 5.74) is 3.45. The number of carbonyl (C=O) groups excluding carboxylic acids is 1. The molecule has 0 saturated heterocycles. The van der Waals surface area contributed by atoms with Crippen LogP contribution in [-0.4, -0.2) is 31.0 Å². The minimum absolute atomic E-state index is 0.185. The lowest BCUT2D eigenvalue weighted by atomic mass is 9.99. The second-order valence-corrected chi connectivity index (χ2v) is 4.53. The smallest absolute Gasteiger partial charge is 0.228 e. The number of fused-ring (bicyclic) bond motifs is 1. The molecular weight excluding hydrogens is 214 g/mol. The third kappa shape index (κ3) is 2.31. The lowest BCUT2D eigenvalue weighted by Gasteiger charge is -2.29. The molecule has 0 aromatic carbocycles. The molecule has 1 aromatic rings. The van der Waals surface area contributed by atoms with E-state index in [0.29, 0.717) is 13.0 Å². The molecule has 0 unspecified atom stereocenters. The second-order valence-electron chi connectivity index (χ2n) is 4.53. The lowest BCUT2D eigenvalue weighted by Crippen LogP contribution is -2.40. The number of nitrogens with zero attached hydrogens (tertiary/aromatic N) is 2. The van der Waals surface area contributed by atoms with Gasteiger partial charge in [0.05, 0.1) is 0 Å². The highest BCUT2D eigenvalue weighted by molar-refractivity contribution is 5.95. The molecular formula is C13H19N3O. The number of hydrogen-bond donors (Lipinski definition) is 1. The van der Waals surface area contributed by atoms with E-state index >= 15 is 0 Å². The summed E-state index contributed by atoms with van der Waals surface area (Å²) in [5, 5.41) is 3.07. The van der Waals surface area contributed by atoms with Gasteiger partial charge in [0.1, 0.15) is 5.82 Å². The Kier molecular flexibility index (Phi) is 3.43. The average Bonchev–Trinajstić information content (AvgIpc) is 2.27. The topological polar surface area (TPSA) is 45.2 Å². The van der Waals surface area contributed by atoms with Gasteiger partial charge in [0.25, 0.3) is 0 Å². The predicted molar refractivity (Wildman–Crippen MR) is 68.3 cm³/mol. The van der Waals surface area contributed by atoms with Crippen molar-refractivity contribution in [2.45, 2.75) is 26.7 Å². The molecule has 0 fully saturated rings. The summed E-state index contributed by atoms with van der Waals surface area (Å²) in [6.45, 7) is 5.56. The number of pyridine rings is 1. The number of aryl methyl sites for hydroxylation is 2. The van der Waals surface area contributed by atoms with E-state index in [4.69, 9.17) is 0 Å². The van der Waals surface area contributed by atoms with Gasteiger partial charge in [-0.2, -0.15) is 0 Å². The summed E-state index contributed by atoms with van der Waals surface area (Å²) in [7, 11) is 1.89. The fourth-order valence-corrected chi connectivity index (χ4v) is 2.32. The number of aromatic nitrogens is 1. The molecule has 4 nitrogen and oxygen atoms in total. The summed E-state index contributed by atoms with van der Waals surface area (Å²) < 4.78 is 0. The van der Waals surface area contributed by atoms with Crippen LogP contribution in [0.5, 0.6) is 0 Å². The van der Waals surface area contributed by atoms with Gasteiger partial charge < -0.3 is 5.32 Å². The van der Waals surface area contributed by atoms with Crippen LogP contribution in [-0.2, 0) is 11.2 Å². The molecule has 0 radical (unpaired) electrons. The van der Waals surface area contributed by atoms with Gasteiger partial charge in [-0.05, 0) is 44.5 Å². The summed E-state index contributed by atoms with van der Waals surface area (Å²) >= 11 is 0. The van der Waals surface area contributed by atoms with Crippen molar-refractivity contribution in [3.63, 3.8) is 0 Å². The fourth-order valence-electron chi connectivity index (χ4n) is 2.32. The van der Waals surface area contributed by atoms with Crippen LogP contribution in [0.3, 0.4) is 0 Å². The number of carbonyl (C=O) groups is 1. The fraction of sp³-hybridized carbons (Fsp3) is 0.538. The molecule has 2 rings (SSSR count). The average molecular weight is 233 g/mol. The van der Waals surface area contributed by atoms with Gasteiger partial charge in [-0.3, -0.25) is 9.69 Å². The summed E-state index contributed by atoms with van der Waals surface area (Å²) in [5.74, 6) is 1.05. The van der Waals surface area contributed by atoms with Crippen molar-refractivity contribution < 1.29 is 4.79 Å². The Bertz CT molecular complexity index is 443.